The number of aromatic nitrogens is 2. The number of hydrogen-bond donors (Lipinski definition) is 0. The van der Waals surface area contributed by atoms with Crippen LogP contribution in [-0.2, 0) is 9.53 Å². The van der Waals surface area contributed by atoms with Gasteiger partial charge in [-0.05, 0) is 47.9 Å². The molecule has 2 aromatic rings. The van der Waals surface area contributed by atoms with E-state index in [4.69, 9.17) is 4.74 Å². The number of benzene rings is 1. The van der Waals surface area contributed by atoms with Crippen LogP contribution >= 0.6 is 11.5 Å². The van der Waals surface area contributed by atoms with E-state index in [0.29, 0.717) is 17.0 Å². The molecule has 0 aliphatic rings. The first-order valence-corrected chi connectivity index (χ1v) is 6.82. The van der Waals surface area contributed by atoms with Gasteiger partial charge in [0.25, 0.3) is 0 Å². The molecule has 0 atom stereocenters. The maximum absolute atomic E-state index is 11.9. The van der Waals surface area contributed by atoms with E-state index in [-0.39, 0.29) is 12.4 Å². The highest BCUT2D eigenvalue weighted by Gasteiger charge is 2.04. The second-order valence-corrected chi connectivity index (χ2v) is 4.53. The molecule has 1 heterocycles. The Morgan fingerprint density at radius 1 is 1.29 bits per heavy atom. The minimum absolute atomic E-state index is 0.150. The molecule has 0 bridgehead atoms. The molecule has 0 unspecified atom stereocenters. The van der Waals surface area contributed by atoms with E-state index in [1.54, 1.807) is 35.7 Å². The van der Waals surface area contributed by atoms with E-state index < -0.39 is 5.97 Å². The van der Waals surface area contributed by atoms with Crippen LogP contribution in [0.2, 0.25) is 0 Å². The molecule has 108 valence electrons. The number of ketones is 1. The minimum Gasteiger partial charge on any atom is -0.482 e. The number of carbonyl (C=O) groups excluding carboxylic acids is 2. The molecule has 0 saturated carbocycles. The van der Waals surface area contributed by atoms with E-state index in [1.807, 2.05) is 0 Å². The number of hydrogen-bond acceptors (Lipinski definition) is 7. The summed E-state index contributed by atoms with van der Waals surface area (Å²) < 4.78 is 13.4. The summed E-state index contributed by atoms with van der Waals surface area (Å²) in [6, 6.07) is 6.49. The van der Waals surface area contributed by atoms with Crippen molar-refractivity contribution in [1.29, 1.82) is 0 Å². The van der Waals surface area contributed by atoms with Crippen molar-refractivity contribution < 1.29 is 19.1 Å². The fraction of sp³-hybridized carbons (Fsp3) is 0.143. The zero-order chi connectivity index (χ0) is 15.1. The molecular formula is C14H12N2O4S. The second kappa shape index (κ2) is 7.30. The smallest absolute Gasteiger partial charge is 0.343 e. The van der Waals surface area contributed by atoms with Gasteiger partial charge in [0.2, 0.25) is 0 Å². The van der Waals surface area contributed by atoms with Gasteiger partial charge in [0.15, 0.2) is 12.4 Å². The molecule has 0 aliphatic carbocycles. The molecule has 0 radical (unpaired) electrons. The number of ether oxygens (including phenoxy) is 2. The first-order valence-electron chi connectivity index (χ1n) is 5.98. The van der Waals surface area contributed by atoms with Gasteiger partial charge in [-0.3, -0.25) is 4.79 Å². The van der Waals surface area contributed by atoms with E-state index >= 15 is 0 Å². The highest BCUT2D eigenvalue weighted by atomic mass is 32.1. The maximum Gasteiger partial charge on any atom is 0.343 e. The fourth-order valence-corrected chi connectivity index (χ4v) is 1.84. The molecule has 1 aromatic heterocycles. The van der Waals surface area contributed by atoms with E-state index in [2.05, 4.69) is 14.3 Å². The highest BCUT2D eigenvalue weighted by Crippen LogP contribution is 2.13. The van der Waals surface area contributed by atoms with Crippen LogP contribution in [0.1, 0.15) is 16.1 Å². The number of rotatable bonds is 6. The summed E-state index contributed by atoms with van der Waals surface area (Å²) in [4.78, 5) is 22.9. The summed E-state index contributed by atoms with van der Waals surface area (Å²) >= 11 is 1.22. The van der Waals surface area contributed by atoms with Crippen molar-refractivity contribution >= 4 is 29.4 Å². The lowest BCUT2D eigenvalue weighted by molar-refractivity contribution is -0.142. The summed E-state index contributed by atoms with van der Waals surface area (Å²) in [5, 5.41) is 5.55. The molecule has 2 rings (SSSR count). The summed E-state index contributed by atoms with van der Waals surface area (Å²) in [6.45, 7) is -0.166. The molecule has 0 N–H and O–H groups in total. The van der Waals surface area contributed by atoms with Gasteiger partial charge < -0.3 is 9.47 Å². The van der Waals surface area contributed by atoms with Crippen molar-refractivity contribution in [3.05, 3.63) is 47.0 Å². The van der Waals surface area contributed by atoms with E-state index in [9.17, 15) is 9.59 Å². The standard InChI is InChI=1S/C14H12N2O4S/c1-19-14(18)8-20-12-5-2-10(3-6-12)13(17)7-4-11-9-21-16-15-11/h2-7,9H,8H2,1H3/b7-4+. The van der Waals surface area contributed by atoms with Crippen LogP contribution in [0.3, 0.4) is 0 Å². The predicted octanol–water partition coefficient (Wildman–Crippen LogP) is 1.99. The Bertz CT molecular complexity index is 636. The zero-order valence-corrected chi connectivity index (χ0v) is 12.0. The molecule has 7 heteroatoms. The molecule has 0 saturated heterocycles. The Balaban J connectivity index is 1.95. The normalized spacial score (nSPS) is 10.5. The third kappa shape index (κ3) is 4.50. The molecule has 0 spiro atoms. The Morgan fingerprint density at radius 3 is 2.67 bits per heavy atom. The van der Waals surface area contributed by atoms with Crippen LogP contribution in [0.5, 0.6) is 5.75 Å². The minimum atomic E-state index is -0.463. The van der Waals surface area contributed by atoms with Crippen molar-refractivity contribution in [2.24, 2.45) is 0 Å². The number of carbonyl (C=O) groups is 2. The Labute approximate surface area is 125 Å². The van der Waals surface area contributed by atoms with Crippen LogP contribution < -0.4 is 4.74 Å². The third-order valence-corrected chi connectivity index (χ3v) is 3.03. The molecule has 0 amide bonds. The third-order valence-electron chi connectivity index (χ3n) is 2.51. The Morgan fingerprint density at radius 2 is 2.05 bits per heavy atom. The van der Waals surface area contributed by atoms with Crippen molar-refractivity contribution in [3.63, 3.8) is 0 Å². The van der Waals surface area contributed by atoms with Crippen molar-refractivity contribution in [1.82, 2.24) is 9.59 Å². The van der Waals surface area contributed by atoms with E-state index in [1.165, 1.54) is 24.7 Å². The van der Waals surface area contributed by atoms with Crippen LogP contribution in [0.25, 0.3) is 6.08 Å². The van der Waals surface area contributed by atoms with E-state index in [0.717, 1.165) is 0 Å². The summed E-state index contributed by atoms with van der Waals surface area (Å²) in [5.41, 5.74) is 1.16. The summed E-state index contributed by atoms with van der Waals surface area (Å²) in [5.74, 6) is -0.123. The second-order valence-electron chi connectivity index (χ2n) is 3.92. The largest absolute Gasteiger partial charge is 0.482 e. The van der Waals surface area contributed by atoms with Crippen LogP contribution in [0.4, 0.5) is 0 Å². The van der Waals surface area contributed by atoms with Gasteiger partial charge in [0, 0.05) is 10.9 Å². The fourth-order valence-electron chi connectivity index (χ4n) is 1.42. The number of nitrogens with zero attached hydrogens (tertiary/aromatic N) is 2. The summed E-state index contributed by atoms with van der Waals surface area (Å²) in [7, 11) is 1.29. The zero-order valence-electron chi connectivity index (χ0n) is 11.2. The summed E-state index contributed by atoms with van der Waals surface area (Å²) in [6.07, 6.45) is 3.04. The molecule has 21 heavy (non-hydrogen) atoms. The van der Waals surface area contributed by atoms with Crippen molar-refractivity contribution in [3.8, 4) is 5.75 Å². The molecule has 6 nitrogen and oxygen atoms in total. The van der Waals surface area contributed by atoms with Gasteiger partial charge >= 0.3 is 5.97 Å². The van der Waals surface area contributed by atoms with Gasteiger partial charge in [0.1, 0.15) is 5.75 Å². The predicted molar refractivity (Wildman–Crippen MR) is 77.2 cm³/mol. The van der Waals surface area contributed by atoms with Crippen LogP contribution in [0.15, 0.2) is 35.7 Å². The Kier molecular flexibility index (Phi) is 5.16. The van der Waals surface area contributed by atoms with Gasteiger partial charge in [-0.2, -0.15) is 0 Å². The van der Waals surface area contributed by atoms with Gasteiger partial charge in [-0.1, -0.05) is 4.49 Å². The average Bonchev–Trinajstić information content (AvgIpc) is 3.04. The molecular weight excluding hydrogens is 292 g/mol. The van der Waals surface area contributed by atoms with Gasteiger partial charge in [-0.25, -0.2) is 4.79 Å². The number of methoxy groups -OCH3 is 1. The number of esters is 1. The SMILES string of the molecule is COC(=O)COc1ccc(C(=O)/C=C/c2csnn2)cc1. The lowest BCUT2D eigenvalue weighted by atomic mass is 10.1. The topological polar surface area (TPSA) is 78.4 Å². The van der Waals surface area contributed by atoms with Gasteiger partial charge in [0.05, 0.1) is 12.8 Å². The van der Waals surface area contributed by atoms with Crippen molar-refractivity contribution in [2.75, 3.05) is 13.7 Å². The quantitative estimate of drug-likeness (QED) is 0.461. The van der Waals surface area contributed by atoms with Gasteiger partial charge in [-0.15, -0.1) is 5.10 Å². The molecule has 0 aliphatic heterocycles. The van der Waals surface area contributed by atoms with Crippen LogP contribution in [0, 0.1) is 0 Å². The molecule has 0 fully saturated rings. The Hall–Kier alpha value is -2.54. The number of allylic oxidation sites excluding steroid dienone is 1. The van der Waals surface area contributed by atoms with Crippen molar-refractivity contribution in [2.45, 2.75) is 0 Å². The first kappa shape index (κ1) is 14.9. The highest BCUT2D eigenvalue weighted by molar-refractivity contribution is 7.03. The lowest BCUT2D eigenvalue weighted by Crippen LogP contribution is -2.12. The first-order chi connectivity index (χ1) is 10.2. The maximum atomic E-state index is 11.9. The van der Waals surface area contributed by atoms with Crippen LogP contribution in [-0.4, -0.2) is 35.1 Å². The monoisotopic (exact) mass is 304 g/mol. The molecule has 1 aromatic carbocycles. The average molecular weight is 304 g/mol. The lowest BCUT2D eigenvalue weighted by Gasteiger charge is -2.04.